The minimum Gasteiger partial charge on any atom is -0.486 e. The van der Waals surface area contributed by atoms with E-state index in [1.165, 1.54) is 0 Å². The first-order chi connectivity index (χ1) is 10.8. The van der Waals surface area contributed by atoms with E-state index in [0.29, 0.717) is 13.2 Å². The Labute approximate surface area is 129 Å². The average Bonchev–Trinajstić information content (AvgIpc) is 3.04. The second-order valence-corrected chi connectivity index (χ2v) is 5.15. The third-order valence-electron chi connectivity index (χ3n) is 3.61. The number of ether oxygens (including phenoxy) is 2. The molecule has 0 saturated heterocycles. The molecular weight excluding hydrogens is 275 g/mol. The minimum atomic E-state index is 0.577. The van der Waals surface area contributed by atoms with Crippen molar-refractivity contribution in [1.29, 1.82) is 0 Å². The Morgan fingerprint density at radius 2 is 1.77 bits per heavy atom. The zero-order valence-electron chi connectivity index (χ0n) is 11.9. The standard InChI is InChI=1S/C17H13BN2O2/c18-13-3-1-2-11(8-13)14-10-15(20-19-14)12-4-5-16-17(9-12)22-7-6-21-16/h1-5,8-10H,6-7H2,(H,19,20). The van der Waals surface area contributed by atoms with Gasteiger partial charge in [-0.05, 0) is 24.3 Å². The van der Waals surface area contributed by atoms with E-state index in [0.717, 1.165) is 39.5 Å². The topological polar surface area (TPSA) is 47.1 Å². The van der Waals surface area contributed by atoms with Crippen molar-refractivity contribution in [3.8, 4) is 34.0 Å². The molecule has 3 aromatic rings. The molecule has 0 fully saturated rings. The molecule has 0 aliphatic carbocycles. The highest BCUT2D eigenvalue weighted by atomic mass is 16.6. The lowest BCUT2D eigenvalue weighted by atomic mass is 9.94. The molecule has 0 amide bonds. The number of H-pyrrole nitrogens is 1. The molecule has 0 spiro atoms. The summed E-state index contributed by atoms with van der Waals surface area (Å²) in [4.78, 5) is 0. The van der Waals surface area contributed by atoms with Crippen LogP contribution in [-0.2, 0) is 0 Å². The molecular formula is C17H13BN2O2. The zero-order valence-corrected chi connectivity index (χ0v) is 11.9. The van der Waals surface area contributed by atoms with Gasteiger partial charge in [0.15, 0.2) is 11.5 Å². The molecule has 0 bridgehead atoms. The first-order valence-corrected chi connectivity index (χ1v) is 7.11. The van der Waals surface area contributed by atoms with Gasteiger partial charge < -0.3 is 9.47 Å². The van der Waals surface area contributed by atoms with E-state index < -0.39 is 0 Å². The van der Waals surface area contributed by atoms with Crippen LogP contribution in [0.15, 0.2) is 48.5 Å². The van der Waals surface area contributed by atoms with Crippen LogP contribution in [0.1, 0.15) is 0 Å². The maximum Gasteiger partial charge on any atom is 0.162 e. The van der Waals surface area contributed by atoms with E-state index in [1.807, 2.05) is 48.5 Å². The van der Waals surface area contributed by atoms with Gasteiger partial charge in [0.2, 0.25) is 0 Å². The first kappa shape index (κ1) is 13.0. The molecule has 0 atom stereocenters. The number of fused-ring (bicyclic) bond motifs is 1. The predicted octanol–water partition coefficient (Wildman–Crippen LogP) is 2.31. The minimum absolute atomic E-state index is 0.577. The highest BCUT2D eigenvalue weighted by molar-refractivity contribution is 6.32. The Morgan fingerprint density at radius 3 is 2.64 bits per heavy atom. The van der Waals surface area contributed by atoms with Crippen LogP contribution in [-0.4, -0.2) is 31.3 Å². The summed E-state index contributed by atoms with van der Waals surface area (Å²) in [6.07, 6.45) is 0. The number of aromatic amines is 1. The molecule has 0 unspecified atom stereocenters. The average molecular weight is 288 g/mol. The SMILES string of the molecule is [B]c1cccc(-c2cc(-c3ccc4c(c3)OCCO4)[nH]n2)c1. The van der Waals surface area contributed by atoms with E-state index in [2.05, 4.69) is 10.2 Å². The van der Waals surface area contributed by atoms with Gasteiger partial charge in [-0.3, -0.25) is 5.10 Å². The number of rotatable bonds is 2. The zero-order chi connectivity index (χ0) is 14.9. The van der Waals surface area contributed by atoms with Crippen molar-refractivity contribution < 1.29 is 9.47 Å². The largest absolute Gasteiger partial charge is 0.486 e. The lowest BCUT2D eigenvalue weighted by molar-refractivity contribution is 0.171. The molecule has 1 aromatic heterocycles. The van der Waals surface area contributed by atoms with Gasteiger partial charge in [0.05, 0.1) is 11.4 Å². The van der Waals surface area contributed by atoms with Crippen molar-refractivity contribution in [2.45, 2.75) is 0 Å². The highest BCUT2D eigenvalue weighted by Crippen LogP contribution is 2.34. The van der Waals surface area contributed by atoms with E-state index in [4.69, 9.17) is 17.3 Å². The number of nitrogens with one attached hydrogen (secondary N) is 1. The second-order valence-electron chi connectivity index (χ2n) is 5.15. The molecule has 1 aliphatic rings. The normalized spacial score (nSPS) is 13.1. The third-order valence-corrected chi connectivity index (χ3v) is 3.61. The highest BCUT2D eigenvalue weighted by Gasteiger charge is 2.13. The monoisotopic (exact) mass is 288 g/mol. The van der Waals surface area contributed by atoms with E-state index >= 15 is 0 Å². The fraction of sp³-hybridized carbons (Fsp3) is 0.118. The van der Waals surface area contributed by atoms with Gasteiger partial charge in [-0.25, -0.2) is 0 Å². The van der Waals surface area contributed by atoms with Gasteiger partial charge in [0, 0.05) is 11.1 Å². The molecule has 2 aromatic carbocycles. The van der Waals surface area contributed by atoms with Crippen LogP contribution < -0.4 is 14.9 Å². The fourth-order valence-corrected chi connectivity index (χ4v) is 2.53. The summed E-state index contributed by atoms with van der Waals surface area (Å²) in [5.74, 6) is 1.55. The van der Waals surface area contributed by atoms with Crippen molar-refractivity contribution >= 4 is 13.3 Å². The van der Waals surface area contributed by atoms with Crippen LogP contribution >= 0.6 is 0 Å². The molecule has 106 valence electrons. The number of nitrogens with zero attached hydrogens (tertiary/aromatic N) is 1. The number of hydrogen-bond acceptors (Lipinski definition) is 3. The molecule has 2 radical (unpaired) electrons. The first-order valence-electron chi connectivity index (χ1n) is 7.11. The van der Waals surface area contributed by atoms with Gasteiger partial charge in [0.1, 0.15) is 21.1 Å². The van der Waals surface area contributed by atoms with Crippen molar-refractivity contribution in [2.75, 3.05) is 13.2 Å². The summed E-state index contributed by atoms with van der Waals surface area (Å²) >= 11 is 0. The molecule has 1 N–H and O–H groups in total. The van der Waals surface area contributed by atoms with E-state index in [1.54, 1.807) is 0 Å². The fourth-order valence-electron chi connectivity index (χ4n) is 2.53. The van der Waals surface area contributed by atoms with Gasteiger partial charge in [0.25, 0.3) is 0 Å². The summed E-state index contributed by atoms with van der Waals surface area (Å²) in [5, 5.41) is 7.42. The van der Waals surface area contributed by atoms with Crippen molar-refractivity contribution in [3.63, 3.8) is 0 Å². The Bertz CT molecular complexity index is 829. The van der Waals surface area contributed by atoms with Gasteiger partial charge in [-0.2, -0.15) is 5.10 Å². The lowest BCUT2D eigenvalue weighted by Gasteiger charge is -2.18. The number of aromatic nitrogens is 2. The maximum atomic E-state index is 5.82. The predicted molar refractivity (Wildman–Crippen MR) is 85.8 cm³/mol. The van der Waals surface area contributed by atoms with Gasteiger partial charge >= 0.3 is 0 Å². The summed E-state index contributed by atoms with van der Waals surface area (Å²) in [5.41, 5.74) is 4.50. The molecule has 2 heterocycles. The Hall–Kier alpha value is -2.69. The van der Waals surface area contributed by atoms with Crippen LogP contribution in [0.25, 0.3) is 22.5 Å². The van der Waals surface area contributed by atoms with Gasteiger partial charge in [-0.15, -0.1) is 0 Å². The molecule has 4 nitrogen and oxygen atoms in total. The van der Waals surface area contributed by atoms with E-state index in [-0.39, 0.29) is 0 Å². The van der Waals surface area contributed by atoms with Crippen LogP contribution in [0.5, 0.6) is 11.5 Å². The second kappa shape index (κ2) is 5.26. The third kappa shape index (κ3) is 2.35. The van der Waals surface area contributed by atoms with Gasteiger partial charge in [-0.1, -0.05) is 29.7 Å². The molecule has 0 saturated carbocycles. The number of benzene rings is 2. The lowest BCUT2D eigenvalue weighted by Crippen LogP contribution is -2.15. The van der Waals surface area contributed by atoms with E-state index in [9.17, 15) is 0 Å². The van der Waals surface area contributed by atoms with Crippen LogP contribution in [0, 0.1) is 0 Å². The van der Waals surface area contributed by atoms with Crippen molar-refractivity contribution in [2.24, 2.45) is 0 Å². The molecule has 4 rings (SSSR count). The van der Waals surface area contributed by atoms with Crippen molar-refractivity contribution in [3.05, 3.63) is 48.5 Å². The van der Waals surface area contributed by atoms with Crippen molar-refractivity contribution in [1.82, 2.24) is 10.2 Å². The number of hydrogen-bond donors (Lipinski definition) is 1. The summed E-state index contributed by atoms with van der Waals surface area (Å²) < 4.78 is 11.2. The summed E-state index contributed by atoms with van der Waals surface area (Å²) in [7, 11) is 5.82. The molecule has 22 heavy (non-hydrogen) atoms. The Kier molecular flexibility index (Phi) is 3.11. The smallest absolute Gasteiger partial charge is 0.162 e. The summed E-state index contributed by atoms with van der Waals surface area (Å²) in [6, 6.07) is 15.5. The molecule has 5 heteroatoms. The Balaban J connectivity index is 1.69. The van der Waals surface area contributed by atoms with Crippen LogP contribution in [0.3, 0.4) is 0 Å². The Morgan fingerprint density at radius 1 is 0.909 bits per heavy atom. The molecule has 1 aliphatic heterocycles. The summed E-state index contributed by atoms with van der Waals surface area (Å²) in [6.45, 7) is 1.17. The van der Waals surface area contributed by atoms with Crippen LogP contribution in [0.2, 0.25) is 0 Å². The maximum absolute atomic E-state index is 5.82. The quantitative estimate of drug-likeness (QED) is 0.736. The van der Waals surface area contributed by atoms with Crippen LogP contribution in [0.4, 0.5) is 0 Å².